The van der Waals surface area contributed by atoms with Crippen LogP contribution in [-0.2, 0) is 14.4 Å². The van der Waals surface area contributed by atoms with Gasteiger partial charge in [0.05, 0.1) is 23.4 Å². The van der Waals surface area contributed by atoms with Gasteiger partial charge in [-0.15, -0.1) is 23.4 Å². The minimum absolute atomic E-state index is 0.0105. The summed E-state index contributed by atoms with van der Waals surface area (Å²) in [6.07, 6.45) is 0.736. The number of thioether (sulfide) groups is 1. The second kappa shape index (κ2) is 16.1. The van der Waals surface area contributed by atoms with Crippen LogP contribution in [0.15, 0.2) is 102 Å². The van der Waals surface area contributed by atoms with Crippen LogP contribution < -0.4 is 15.4 Å². The van der Waals surface area contributed by atoms with E-state index >= 15 is 0 Å². The molecule has 6 rings (SSSR count). The third kappa shape index (κ3) is 8.00. The molecule has 2 aliphatic heterocycles. The van der Waals surface area contributed by atoms with Crippen molar-refractivity contribution in [3.05, 3.63) is 125 Å². The Morgan fingerprint density at radius 3 is 2.27 bits per heavy atom. The van der Waals surface area contributed by atoms with Gasteiger partial charge >= 0.3 is 0 Å². The number of benzene rings is 4. The van der Waals surface area contributed by atoms with E-state index in [2.05, 4.69) is 22.8 Å². The zero-order valence-electron chi connectivity index (χ0n) is 27.4. The number of carbonyl (C=O) groups excluding carboxylic acids is 5. The molecular weight excluding hydrogens is 690 g/mol. The Bertz CT molecular complexity index is 2000. The second-order valence-corrected chi connectivity index (χ2v) is 13.2. The average Bonchev–Trinajstić information content (AvgIpc) is 3.39. The SMILES string of the molecule is O=C(CSc1cccc2c1C(=O)N(C1CCC(=O)NC1=O)C2=O)NCCOc1ccc(C(=C(CCCl)c2ccccc2)c2ccc(O)cc2)cc1. The van der Waals surface area contributed by atoms with Crippen LogP contribution in [0.5, 0.6) is 11.5 Å². The summed E-state index contributed by atoms with van der Waals surface area (Å²) in [6, 6.07) is 28.5. The number of ether oxygens (including phenoxy) is 1. The first kappa shape index (κ1) is 35.4. The molecule has 2 heterocycles. The fourth-order valence-electron chi connectivity index (χ4n) is 6.17. The Kier molecular flexibility index (Phi) is 11.2. The van der Waals surface area contributed by atoms with Crippen LogP contribution in [0.4, 0.5) is 0 Å². The van der Waals surface area contributed by atoms with E-state index in [1.54, 1.807) is 24.3 Å². The summed E-state index contributed by atoms with van der Waals surface area (Å²) >= 11 is 7.38. The number of nitrogens with one attached hydrogen (secondary N) is 2. The molecule has 0 bridgehead atoms. The van der Waals surface area contributed by atoms with Crippen LogP contribution in [0.1, 0.15) is 56.7 Å². The van der Waals surface area contributed by atoms with Gasteiger partial charge < -0.3 is 15.2 Å². The molecule has 4 aromatic carbocycles. The Morgan fingerprint density at radius 2 is 1.59 bits per heavy atom. The van der Waals surface area contributed by atoms with Crippen LogP contribution in [0.2, 0.25) is 0 Å². The van der Waals surface area contributed by atoms with Crippen molar-refractivity contribution in [2.75, 3.05) is 24.8 Å². The van der Waals surface area contributed by atoms with Gasteiger partial charge in [-0.2, -0.15) is 0 Å². The van der Waals surface area contributed by atoms with E-state index < -0.39 is 29.7 Å². The second-order valence-electron chi connectivity index (χ2n) is 11.8. The number of hydrogen-bond donors (Lipinski definition) is 3. The first-order chi connectivity index (χ1) is 24.7. The highest BCUT2D eigenvalue weighted by Gasteiger charge is 2.45. The van der Waals surface area contributed by atoms with Crippen LogP contribution in [0, 0.1) is 0 Å². The van der Waals surface area contributed by atoms with E-state index in [1.807, 2.05) is 54.6 Å². The number of phenolic OH excluding ortho intramolecular Hbond substituents is 1. The van der Waals surface area contributed by atoms with Gasteiger partial charge in [0.2, 0.25) is 17.7 Å². The van der Waals surface area contributed by atoms with Crippen molar-refractivity contribution in [3.63, 3.8) is 0 Å². The fourth-order valence-corrected chi connectivity index (χ4v) is 7.26. The van der Waals surface area contributed by atoms with Gasteiger partial charge in [-0.05, 0) is 77.1 Å². The number of nitrogens with zero attached hydrogens (tertiary/aromatic N) is 1. The molecule has 5 amide bonds. The molecule has 1 saturated heterocycles. The van der Waals surface area contributed by atoms with Gasteiger partial charge in [-0.3, -0.25) is 34.2 Å². The standard InChI is InChI=1S/C39H34ClN3O7S/c40-20-19-29(24-5-2-1-3-6-24)35(25-9-13-27(44)14-10-25)26-11-15-28(16-12-26)50-22-21-41-34(46)23-51-32-8-4-7-30-36(32)39(49)43(38(30)48)31-17-18-33(45)42-37(31)47/h1-16,31,44H,17-23H2,(H,41,46)(H,42,45,47). The van der Waals surface area contributed by atoms with E-state index in [0.717, 1.165) is 44.5 Å². The number of fused-ring (bicyclic) bond motifs is 1. The fraction of sp³-hybridized carbons (Fsp3) is 0.205. The summed E-state index contributed by atoms with van der Waals surface area (Å²) in [6.45, 7) is 0.452. The maximum atomic E-state index is 13.3. The van der Waals surface area contributed by atoms with Crippen LogP contribution in [-0.4, -0.2) is 70.4 Å². The zero-order chi connectivity index (χ0) is 35.9. The summed E-state index contributed by atoms with van der Waals surface area (Å²) in [5, 5.41) is 14.9. The normalized spacial score (nSPS) is 16.0. The lowest BCUT2D eigenvalue weighted by molar-refractivity contribution is -0.136. The van der Waals surface area contributed by atoms with Gasteiger partial charge in [-0.25, -0.2) is 0 Å². The largest absolute Gasteiger partial charge is 0.508 e. The number of phenols is 1. The van der Waals surface area contributed by atoms with Gasteiger partial charge in [0.1, 0.15) is 24.1 Å². The van der Waals surface area contributed by atoms with Crippen molar-refractivity contribution < 1.29 is 33.8 Å². The molecule has 12 heteroatoms. The van der Waals surface area contributed by atoms with Crippen molar-refractivity contribution in [2.24, 2.45) is 0 Å². The molecule has 51 heavy (non-hydrogen) atoms. The molecular formula is C39H34ClN3O7S. The van der Waals surface area contributed by atoms with E-state index in [-0.39, 0.29) is 54.5 Å². The minimum Gasteiger partial charge on any atom is -0.508 e. The zero-order valence-corrected chi connectivity index (χ0v) is 29.0. The molecule has 4 aromatic rings. The molecule has 1 unspecified atom stereocenters. The van der Waals surface area contributed by atoms with Crippen molar-refractivity contribution >= 4 is 64.0 Å². The number of carbonyl (C=O) groups is 5. The van der Waals surface area contributed by atoms with Crippen molar-refractivity contribution in [1.29, 1.82) is 0 Å². The Labute approximate surface area is 303 Å². The van der Waals surface area contributed by atoms with Crippen molar-refractivity contribution in [1.82, 2.24) is 15.5 Å². The molecule has 0 saturated carbocycles. The first-order valence-corrected chi connectivity index (χ1v) is 17.9. The van der Waals surface area contributed by atoms with Gasteiger partial charge in [0.15, 0.2) is 0 Å². The molecule has 0 radical (unpaired) electrons. The van der Waals surface area contributed by atoms with Crippen LogP contribution in [0.25, 0.3) is 11.1 Å². The van der Waals surface area contributed by atoms with E-state index in [0.29, 0.717) is 22.9 Å². The number of aromatic hydroxyl groups is 1. The monoisotopic (exact) mass is 723 g/mol. The summed E-state index contributed by atoms with van der Waals surface area (Å²) in [7, 11) is 0. The molecule has 0 aromatic heterocycles. The van der Waals surface area contributed by atoms with Crippen molar-refractivity contribution in [2.45, 2.75) is 30.2 Å². The minimum atomic E-state index is -1.06. The molecule has 2 aliphatic rings. The van der Waals surface area contributed by atoms with E-state index in [9.17, 15) is 29.1 Å². The number of amides is 5. The van der Waals surface area contributed by atoms with Gasteiger partial charge in [-0.1, -0.05) is 60.7 Å². The Balaban J connectivity index is 1.05. The van der Waals surface area contributed by atoms with E-state index in [4.69, 9.17) is 16.3 Å². The maximum absolute atomic E-state index is 13.3. The number of hydrogen-bond acceptors (Lipinski definition) is 8. The lowest BCUT2D eigenvalue weighted by atomic mass is 9.88. The first-order valence-electron chi connectivity index (χ1n) is 16.4. The van der Waals surface area contributed by atoms with Crippen molar-refractivity contribution in [3.8, 4) is 11.5 Å². The lowest BCUT2D eigenvalue weighted by Crippen LogP contribution is -2.54. The number of piperidine rings is 1. The molecule has 260 valence electrons. The third-order valence-corrected chi connectivity index (χ3v) is 9.80. The Morgan fingerprint density at radius 1 is 0.882 bits per heavy atom. The molecule has 1 atom stereocenters. The number of rotatable bonds is 13. The van der Waals surface area contributed by atoms with Crippen LogP contribution >= 0.6 is 23.4 Å². The average molecular weight is 724 g/mol. The summed E-state index contributed by atoms with van der Waals surface area (Å²) in [5.74, 6) is -1.39. The van der Waals surface area contributed by atoms with E-state index in [1.165, 1.54) is 6.07 Å². The predicted octanol–water partition coefficient (Wildman–Crippen LogP) is 5.67. The van der Waals surface area contributed by atoms with Gasteiger partial charge in [0.25, 0.3) is 11.8 Å². The predicted molar refractivity (Wildman–Crippen MR) is 195 cm³/mol. The highest BCUT2D eigenvalue weighted by atomic mass is 35.5. The molecule has 0 aliphatic carbocycles. The quantitative estimate of drug-likeness (QED) is 0.0527. The number of alkyl halides is 1. The summed E-state index contributed by atoms with van der Waals surface area (Å²) < 4.78 is 5.91. The number of imide groups is 2. The Hall–Kier alpha value is -5.39. The van der Waals surface area contributed by atoms with Crippen LogP contribution in [0.3, 0.4) is 0 Å². The molecule has 1 fully saturated rings. The molecule has 3 N–H and O–H groups in total. The number of allylic oxidation sites excluding steroid dienone is 1. The summed E-state index contributed by atoms with van der Waals surface area (Å²) in [4.78, 5) is 64.4. The number of halogens is 1. The third-order valence-electron chi connectivity index (χ3n) is 8.55. The highest BCUT2D eigenvalue weighted by molar-refractivity contribution is 8.00. The smallest absolute Gasteiger partial charge is 0.263 e. The maximum Gasteiger partial charge on any atom is 0.263 e. The molecule has 0 spiro atoms. The van der Waals surface area contributed by atoms with Gasteiger partial charge in [0, 0.05) is 17.2 Å². The molecule has 10 nitrogen and oxygen atoms in total. The topological polar surface area (TPSA) is 142 Å². The summed E-state index contributed by atoms with van der Waals surface area (Å²) in [5.41, 5.74) is 5.34. The highest BCUT2D eigenvalue weighted by Crippen LogP contribution is 2.37. The lowest BCUT2D eigenvalue weighted by Gasteiger charge is -2.27.